The molecule has 0 bridgehead atoms. The number of imidazole rings is 1. The molecule has 1 aromatic carbocycles. The van der Waals surface area contributed by atoms with Gasteiger partial charge in [0.15, 0.2) is 18.4 Å². The summed E-state index contributed by atoms with van der Waals surface area (Å²) in [6.45, 7) is 7.62. The average Bonchev–Trinajstić information content (AvgIpc) is 3.60. The fourth-order valence-corrected chi connectivity index (χ4v) is 5.17. The van der Waals surface area contributed by atoms with Gasteiger partial charge in [-0.1, -0.05) is 18.2 Å². The summed E-state index contributed by atoms with van der Waals surface area (Å²) >= 11 is 0. The van der Waals surface area contributed by atoms with Crippen LogP contribution in [0.4, 0.5) is 0 Å². The monoisotopic (exact) mass is 647 g/mol. The van der Waals surface area contributed by atoms with Crippen LogP contribution in [0.5, 0.6) is 11.5 Å². The van der Waals surface area contributed by atoms with Crippen molar-refractivity contribution in [1.82, 2.24) is 14.3 Å². The van der Waals surface area contributed by atoms with Gasteiger partial charge in [0.1, 0.15) is 41.3 Å². The van der Waals surface area contributed by atoms with Crippen LogP contribution in [0.2, 0.25) is 0 Å². The summed E-state index contributed by atoms with van der Waals surface area (Å²) in [5.74, 6) is -0.550. The molecule has 13 nitrogen and oxygen atoms in total. The summed E-state index contributed by atoms with van der Waals surface area (Å²) in [5.41, 5.74) is 1.33. The number of allylic oxidation sites excluding steroid dienone is 1. The third-order valence-electron chi connectivity index (χ3n) is 7.59. The first-order chi connectivity index (χ1) is 22.5. The predicted molar refractivity (Wildman–Crippen MR) is 173 cm³/mol. The van der Waals surface area contributed by atoms with E-state index in [2.05, 4.69) is 4.98 Å². The van der Waals surface area contributed by atoms with Crippen molar-refractivity contribution in [2.24, 2.45) is 0 Å². The molecule has 15 heteroatoms. The standard InChI is InChI=1S/C32H39B2N3O10/c1-21-9-10-25(40)30-26(46-32(3,4)47-30)8-6-7-23-15-24(16-27(44-20-42-5)29(23)31(41)45-22(21)2)43-14-13-36(33-18-38)17-28-35-11-12-37(28)34-19-39/h6-7,9,11-12,15-16,18-19,22,26,30H,8,10,13-14,17,20H2,1-5H3. The number of carbonyl (C=O) groups excluding carboxylic acids is 4. The number of esters is 1. The lowest BCUT2D eigenvalue weighted by Crippen LogP contribution is -2.34. The van der Waals surface area contributed by atoms with E-state index in [0.717, 1.165) is 0 Å². The van der Waals surface area contributed by atoms with E-state index in [1.807, 2.05) is 0 Å². The zero-order valence-corrected chi connectivity index (χ0v) is 27.2. The summed E-state index contributed by atoms with van der Waals surface area (Å²) in [4.78, 5) is 55.0. The fourth-order valence-electron chi connectivity index (χ4n) is 5.17. The molecule has 4 rings (SSSR count). The van der Waals surface area contributed by atoms with Crippen molar-refractivity contribution in [1.29, 1.82) is 0 Å². The summed E-state index contributed by atoms with van der Waals surface area (Å²) in [5, 5.41) is 0. The third kappa shape index (κ3) is 9.74. The quantitative estimate of drug-likeness (QED) is 0.104. The minimum absolute atomic E-state index is 0.111. The normalized spacial score (nSPS) is 21.1. The Labute approximate surface area is 275 Å². The van der Waals surface area contributed by atoms with Crippen LogP contribution < -0.4 is 9.47 Å². The molecule has 248 valence electrons. The molecule has 0 N–H and O–H groups in total. The van der Waals surface area contributed by atoms with Crippen molar-refractivity contribution in [3.63, 3.8) is 0 Å². The molecule has 2 aliphatic rings. The molecule has 1 saturated heterocycles. The molecule has 1 fully saturated rings. The molecular formula is C32H39B2N3O10. The number of cyclic esters (lactones) is 1. The number of rotatable bonds is 13. The molecular weight excluding hydrogens is 608 g/mol. The topological polar surface area (TPSA) is 145 Å². The van der Waals surface area contributed by atoms with E-state index in [-0.39, 0.29) is 43.5 Å². The van der Waals surface area contributed by atoms with E-state index >= 15 is 0 Å². The molecule has 0 spiro atoms. The second-order valence-electron chi connectivity index (χ2n) is 11.5. The first-order valence-electron chi connectivity index (χ1n) is 15.2. The number of ketones is 1. The lowest BCUT2D eigenvalue weighted by molar-refractivity contribution is -0.154. The van der Waals surface area contributed by atoms with Crippen LogP contribution >= 0.6 is 0 Å². The summed E-state index contributed by atoms with van der Waals surface area (Å²) in [7, 11) is 4.16. The number of fused-ring (bicyclic) bond motifs is 2. The third-order valence-corrected chi connectivity index (χ3v) is 7.59. The number of hydrogen-bond acceptors (Lipinski definition) is 12. The number of nitrogens with zero attached hydrogens (tertiary/aromatic N) is 3. The van der Waals surface area contributed by atoms with Gasteiger partial charge in [-0.3, -0.25) is 4.79 Å². The van der Waals surface area contributed by atoms with E-state index in [4.69, 9.17) is 28.4 Å². The van der Waals surface area contributed by atoms with Crippen molar-refractivity contribution in [3.8, 4) is 11.5 Å². The molecule has 0 saturated carbocycles. The molecule has 3 unspecified atom stereocenters. The van der Waals surface area contributed by atoms with Crippen LogP contribution in [0.3, 0.4) is 0 Å². The molecule has 1 aromatic heterocycles. The van der Waals surface area contributed by atoms with Gasteiger partial charge in [-0.2, -0.15) is 0 Å². The summed E-state index contributed by atoms with van der Waals surface area (Å²) < 4.78 is 36.5. The maximum Gasteiger partial charge on any atom is 0.343 e. The zero-order chi connectivity index (χ0) is 34.0. The van der Waals surface area contributed by atoms with Crippen LogP contribution in [0.15, 0.2) is 42.3 Å². The molecule has 2 aromatic rings. The highest BCUT2D eigenvalue weighted by Crippen LogP contribution is 2.34. The van der Waals surface area contributed by atoms with Crippen molar-refractivity contribution in [2.75, 3.05) is 27.1 Å². The largest absolute Gasteiger partial charge is 0.492 e. The second-order valence-corrected chi connectivity index (χ2v) is 11.5. The van der Waals surface area contributed by atoms with Crippen molar-refractivity contribution in [3.05, 3.63) is 59.2 Å². The number of hydrogen-bond donors (Lipinski definition) is 0. The maximum absolute atomic E-state index is 13.6. The van der Waals surface area contributed by atoms with Crippen LogP contribution in [0.25, 0.3) is 6.08 Å². The van der Waals surface area contributed by atoms with Crippen molar-refractivity contribution < 1.29 is 47.6 Å². The SMILES string of the molecule is COCOc1cc(OCCN([B]C=O)Cc2nccn2[B]C=O)cc2c1C(=O)OC(C)C(C)=CCC(=O)C1OC(C)(C)OC1CC=C2. The van der Waals surface area contributed by atoms with Gasteiger partial charge < -0.3 is 47.3 Å². The predicted octanol–water partition coefficient (Wildman–Crippen LogP) is 2.60. The number of ether oxygens (including phenoxy) is 6. The van der Waals surface area contributed by atoms with Gasteiger partial charge in [-0.15, -0.1) is 0 Å². The second kappa shape index (κ2) is 16.7. The number of aromatic nitrogens is 2. The van der Waals surface area contributed by atoms with Gasteiger partial charge in [0, 0.05) is 45.1 Å². The van der Waals surface area contributed by atoms with Crippen LogP contribution in [0.1, 0.15) is 62.3 Å². The summed E-state index contributed by atoms with van der Waals surface area (Å²) in [6.07, 6.45) is 8.32. The van der Waals surface area contributed by atoms with Crippen LogP contribution in [-0.2, 0) is 39.9 Å². The van der Waals surface area contributed by atoms with E-state index in [9.17, 15) is 19.2 Å². The first kappa shape index (κ1) is 35.8. The summed E-state index contributed by atoms with van der Waals surface area (Å²) in [6, 6.07) is 3.26. The van der Waals surface area contributed by atoms with E-state index in [1.165, 1.54) is 21.9 Å². The Kier molecular flexibility index (Phi) is 12.7. The van der Waals surface area contributed by atoms with Crippen molar-refractivity contribution in [2.45, 2.75) is 71.2 Å². The number of Topliss-reactive ketones (excluding diaryl/α,β-unsaturated/α-hetero) is 1. The Balaban J connectivity index is 1.63. The van der Waals surface area contributed by atoms with E-state index in [1.54, 1.807) is 79.7 Å². The molecule has 47 heavy (non-hydrogen) atoms. The minimum Gasteiger partial charge on any atom is -0.492 e. The van der Waals surface area contributed by atoms with Gasteiger partial charge in [0.2, 0.25) is 0 Å². The zero-order valence-electron chi connectivity index (χ0n) is 27.2. The van der Waals surface area contributed by atoms with Crippen LogP contribution in [0, 0.1) is 0 Å². The Bertz CT molecular complexity index is 1490. The van der Waals surface area contributed by atoms with E-state index < -0.39 is 30.1 Å². The maximum atomic E-state index is 13.6. The van der Waals surface area contributed by atoms with Gasteiger partial charge in [-0.25, -0.2) is 9.78 Å². The molecule has 2 radical (unpaired) electrons. The first-order valence-corrected chi connectivity index (χ1v) is 15.2. The molecule has 0 amide bonds. The number of methoxy groups -OCH3 is 1. The molecule has 0 aliphatic carbocycles. The lowest BCUT2D eigenvalue weighted by atomic mass is 9.94. The molecule has 2 aliphatic heterocycles. The van der Waals surface area contributed by atoms with Gasteiger partial charge in [0.05, 0.1) is 18.9 Å². The highest BCUT2D eigenvalue weighted by molar-refractivity contribution is 6.65. The highest BCUT2D eigenvalue weighted by atomic mass is 16.8. The van der Waals surface area contributed by atoms with Gasteiger partial charge in [-0.05, 0) is 51.3 Å². The van der Waals surface area contributed by atoms with Gasteiger partial charge >= 0.3 is 13.4 Å². The Morgan fingerprint density at radius 3 is 2.72 bits per heavy atom. The Morgan fingerprint density at radius 1 is 1.17 bits per heavy atom. The Morgan fingerprint density at radius 2 is 1.98 bits per heavy atom. The number of benzene rings is 1. The lowest BCUT2D eigenvalue weighted by Gasteiger charge is -2.21. The fraction of sp³-hybridized carbons (Fsp3) is 0.469. The van der Waals surface area contributed by atoms with E-state index in [0.29, 0.717) is 48.0 Å². The smallest absolute Gasteiger partial charge is 0.343 e. The molecule has 3 heterocycles. The highest BCUT2D eigenvalue weighted by Gasteiger charge is 2.44. The number of carbonyl (C=O) groups is 4. The minimum atomic E-state index is -0.931. The van der Waals surface area contributed by atoms with Gasteiger partial charge in [0.25, 0.3) is 7.41 Å². The Hall–Kier alpha value is -4.04. The van der Waals surface area contributed by atoms with Crippen molar-refractivity contribution >= 4 is 45.0 Å². The van der Waals surface area contributed by atoms with Crippen LogP contribution in [-0.4, -0.2) is 104 Å². The average molecular weight is 647 g/mol. The molecule has 3 atom stereocenters.